The quantitative estimate of drug-likeness (QED) is 0.325. The van der Waals surface area contributed by atoms with E-state index in [-0.39, 0.29) is 41.2 Å². The first-order chi connectivity index (χ1) is 15.5. The van der Waals surface area contributed by atoms with E-state index in [2.05, 4.69) is 29.6 Å². The molecule has 2 N–H and O–H groups in total. The van der Waals surface area contributed by atoms with Crippen LogP contribution in [-0.2, 0) is 11.5 Å². The smallest absolute Gasteiger partial charge is 0.338 e. The Kier molecular flexibility index (Phi) is 7.78. The molecule has 0 aliphatic heterocycles. The zero-order valence-electron chi connectivity index (χ0n) is 19.0. The molecule has 0 spiro atoms. The molecular formula is C21H28ClFN4O5Si. The summed E-state index contributed by atoms with van der Waals surface area (Å²) in [5.74, 6) is -1.65. The SMILES string of the molecule is CC(CCO)Oc1nc(-n2c(=O)n(COCC[Si](C)(C)C)c3nccc(O)c32)c(F)cc1Cl. The summed E-state index contributed by atoms with van der Waals surface area (Å²) >= 11 is 6.09. The lowest BCUT2D eigenvalue weighted by molar-refractivity contribution is 0.0871. The predicted molar refractivity (Wildman–Crippen MR) is 126 cm³/mol. The molecular weight excluding hydrogens is 471 g/mol. The van der Waals surface area contributed by atoms with Crippen LogP contribution in [-0.4, -0.2) is 56.7 Å². The van der Waals surface area contributed by atoms with Crippen LogP contribution in [0.2, 0.25) is 30.7 Å². The van der Waals surface area contributed by atoms with Crippen LogP contribution in [0.3, 0.4) is 0 Å². The van der Waals surface area contributed by atoms with Crippen LogP contribution in [0.25, 0.3) is 17.0 Å². The fourth-order valence-corrected chi connectivity index (χ4v) is 4.05. The maximum atomic E-state index is 14.9. The molecule has 0 aliphatic rings. The number of hydrogen-bond acceptors (Lipinski definition) is 7. The van der Waals surface area contributed by atoms with E-state index in [1.165, 1.54) is 16.8 Å². The minimum absolute atomic E-state index is 0.0145. The van der Waals surface area contributed by atoms with Crippen LogP contribution in [0.1, 0.15) is 13.3 Å². The molecule has 1 atom stereocenters. The van der Waals surface area contributed by atoms with Gasteiger partial charge in [0.1, 0.15) is 23.0 Å². The molecule has 9 nitrogen and oxygen atoms in total. The number of pyridine rings is 2. The summed E-state index contributed by atoms with van der Waals surface area (Å²) < 4.78 is 28.4. The Morgan fingerprint density at radius 2 is 2.06 bits per heavy atom. The van der Waals surface area contributed by atoms with Crippen LogP contribution in [0, 0.1) is 5.82 Å². The van der Waals surface area contributed by atoms with Gasteiger partial charge >= 0.3 is 5.69 Å². The van der Waals surface area contributed by atoms with Crippen LogP contribution < -0.4 is 10.4 Å². The molecule has 3 aromatic heterocycles. The molecule has 0 aromatic carbocycles. The van der Waals surface area contributed by atoms with Crippen molar-refractivity contribution in [2.45, 2.75) is 51.9 Å². The van der Waals surface area contributed by atoms with Crippen molar-refractivity contribution in [3.8, 4) is 17.4 Å². The first-order valence-corrected chi connectivity index (χ1v) is 14.6. The number of imidazole rings is 1. The molecule has 12 heteroatoms. The molecule has 0 saturated heterocycles. The van der Waals surface area contributed by atoms with Gasteiger partial charge < -0.3 is 19.7 Å². The maximum absolute atomic E-state index is 14.9. The van der Waals surface area contributed by atoms with Crippen LogP contribution in [0.5, 0.6) is 11.6 Å². The van der Waals surface area contributed by atoms with Crippen molar-refractivity contribution in [3.05, 3.63) is 39.7 Å². The molecule has 3 rings (SSSR count). The average molecular weight is 499 g/mol. The Labute approximate surface area is 196 Å². The van der Waals surface area contributed by atoms with Crippen molar-refractivity contribution in [3.63, 3.8) is 0 Å². The van der Waals surface area contributed by atoms with Gasteiger partial charge in [-0.05, 0) is 13.0 Å². The zero-order chi connectivity index (χ0) is 24.3. The maximum Gasteiger partial charge on any atom is 0.338 e. The number of aliphatic hydroxyl groups excluding tert-OH is 1. The van der Waals surface area contributed by atoms with Crippen LogP contribution in [0.15, 0.2) is 23.1 Å². The van der Waals surface area contributed by atoms with Crippen LogP contribution in [0.4, 0.5) is 4.39 Å². The third-order valence-electron chi connectivity index (χ3n) is 4.94. The number of aromatic nitrogens is 4. The number of nitrogens with zero attached hydrogens (tertiary/aromatic N) is 4. The highest BCUT2D eigenvalue weighted by Crippen LogP contribution is 2.30. The second kappa shape index (κ2) is 10.2. The van der Waals surface area contributed by atoms with Gasteiger partial charge in [-0.1, -0.05) is 31.2 Å². The molecule has 3 heterocycles. The highest BCUT2D eigenvalue weighted by molar-refractivity contribution is 6.76. The molecule has 180 valence electrons. The minimum Gasteiger partial charge on any atom is -0.506 e. The van der Waals surface area contributed by atoms with Gasteiger partial charge in [0, 0.05) is 46.0 Å². The molecule has 3 aromatic rings. The predicted octanol–water partition coefficient (Wildman–Crippen LogP) is 3.54. The lowest BCUT2D eigenvalue weighted by atomic mass is 10.3. The van der Waals surface area contributed by atoms with E-state index < -0.39 is 31.5 Å². The fraction of sp³-hybridized carbons (Fsp3) is 0.476. The monoisotopic (exact) mass is 498 g/mol. The second-order valence-corrected chi connectivity index (χ2v) is 14.9. The molecule has 0 fully saturated rings. The normalized spacial score (nSPS) is 12.9. The van der Waals surface area contributed by atoms with E-state index in [9.17, 15) is 14.3 Å². The number of halogens is 2. The molecule has 0 amide bonds. The summed E-state index contributed by atoms with van der Waals surface area (Å²) in [5, 5.41) is 19.5. The van der Waals surface area contributed by atoms with E-state index in [0.717, 1.165) is 16.7 Å². The number of hydrogen-bond donors (Lipinski definition) is 2. The highest BCUT2D eigenvalue weighted by Gasteiger charge is 2.24. The highest BCUT2D eigenvalue weighted by atomic mass is 35.5. The number of aromatic hydroxyl groups is 1. The van der Waals surface area contributed by atoms with E-state index in [1.807, 2.05) is 0 Å². The van der Waals surface area contributed by atoms with Crippen LogP contribution >= 0.6 is 11.6 Å². The Morgan fingerprint density at radius 1 is 1.33 bits per heavy atom. The van der Waals surface area contributed by atoms with Crippen molar-refractivity contribution in [1.82, 2.24) is 19.1 Å². The molecule has 0 bridgehead atoms. The van der Waals surface area contributed by atoms with E-state index in [1.54, 1.807) is 6.92 Å². The Hall–Kier alpha value is -2.47. The lowest BCUT2D eigenvalue weighted by Gasteiger charge is -2.15. The average Bonchev–Trinajstić information content (AvgIpc) is 2.99. The van der Waals surface area contributed by atoms with Gasteiger partial charge in [0.05, 0.1) is 6.10 Å². The van der Waals surface area contributed by atoms with Gasteiger partial charge in [0.25, 0.3) is 0 Å². The van der Waals surface area contributed by atoms with Crippen molar-refractivity contribution in [2.75, 3.05) is 13.2 Å². The van der Waals surface area contributed by atoms with Gasteiger partial charge in [-0.2, -0.15) is 4.98 Å². The first kappa shape index (κ1) is 25.2. The summed E-state index contributed by atoms with van der Waals surface area (Å²) in [6.07, 6.45) is 1.20. The second-order valence-electron chi connectivity index (χ2n) is 8.92. The van der Waals surface area contributed by atoms with Gasteiger partial charge in [-0.25, -0.2) is 18.7 Å². The molecule has 33 heavy (non-hydrogen) atoms. The van der Waals surface area contributed by atoms with Gasteiger partial charge in [-0.3, -0.25) is 4.57 Å². The Bertz CT molecular complexity index is 1190. The topological polar surface area (TPSA) is 112 Å². The number of aliphatic hydroxyl groups is 1. The van der Waals surface area contributed by atoms with Crippen molar-refractivity contribution in [2.24, 2.45) is 0 Å². The minimum atomic E-state index is -1.33. The van der Waals surface area contributed by atoms with Gasteiger partial charge in [0.15, 0.2) is 17.3 Å². The van der Waals surface area contributed by atoms with Crippen molar-refractivity contribution in [1.29, 1.82) is 0 Å². The Balaban J connectivity index is 2.08. The zero-order valence-corrected chi connectivity index (χ0v) is 20.8. The Morgan fingerprint density at radius 3 is 2.73 bits per heavy atom. The summed E-state index contributed by atoms with van der Waals surface area (Å²) in [6.45, 7) is 8.56. The lowest BCUT2D eigenvalue weighted by Crippen LogP contribution is -2.27. The largest absolute Gasteiger partial charge is 0.506 e. The number of ether oxygens (including phenoxy) is 2. The summed E-state index contributed by atoms with van der Waals surface area (Å²) in [5.41, 5.74) is -0.574. The molecule has 0 aliphatic carbocycles. The summed E-state index contributed by atoms with van der Waals surface area (Å²) in [4.78, 5) is 21.6. The van der Waals surface area contributed by atoms with E-state index in [4.69, 9.17) is 26.2 Å². The third-order valence-corrected chi connectivity index (χ3v) is 6.92. The summed E-state index contributed by atoms with van der Waals surface area (Å²) in [7, 11) is -1.33. The first-order valence-electron chi connectivity index (χ1n) is 10.5. The van der Waals surface area contributed by atoms with Crippen molar-refractivity contribution < 1.29 is 24.1 Å². The van der Waals surface area contributed by atoms with E-state index in [0.29, 0.717) is 13.0 Å². The molecule has 0 saturated carbocycles. The number of fused-ring (bicyclic) bond motifs is 1. The molecule has 1 unspecified atom stereocenters. The van der Waals surface area contributed by atoms with E-state index >= 15 is 0 Å². The number of rotatable bonds is 10. The standard InChI is InChI=1S/C21H28ClFN4O5Si/c1-13(6-8-28)32-20-14(22)11-15(23)18(25-20)27-17-16(29)5-7-24-19(17)26(21(27)30)12-31-9-10-33(2,3)4/h5,7,11,13,28H,6,8-10,12H2,1-4H3,(H,24,29). The van der Waals surface area contributed by atoms with Crippen molar-refractivity contribution >= 4 is 30.8 Å². The fourth-order valence-electron chi connectivity index (χ4n) is 3.11. The third kappa shape index (κ3) is 5.72. The van der Waals surface area contributed by atoms with Gasteiger partial charge in [0.2, 0.25) is 5.88 Å². The van der Waals surface area contributed by atoms with Gasteiger partial charge in [-0.15, -0.1) is 0 Å². The summed E-state index contributed by atoms with van der Waals surface area (Å²) in [6, 6.07) is 3.18. The molecule has 0 radical (unpaired) electrons.